The summed E-state index contributed by atoms with van der Waals surface area (Å²) < 4.78 is 11.9. The van der Waals surface area contributed by atoms with Gasteiger partial charge >= 0.3 is 0 Å². The second-order valence-corrected chi connectivity index (χ2v) is 6.29. The summed E-state index contributed by atoms with van der Waals surface area (Å²) in [7, 11) is 0. The van der Waals surface area contributed by atoms with E-state index in [1.165, 1.54) is 22.3 Å². The average Bonchev–Trinajstić information content (AvgIpc) is 3.06. The average molecular weight is 330 g/mol. The minimum Gasteiger partial charge on any atom is -0.494 e. The molecule has 0 radical (unpaired) electrons. The van der Waals surface area contributed by atoms with Crippen molar-refractivity contribution in [2.45, 2.75) is 25.9 Å². The third-order valence-electron chi connectivity index (χ3n) is 4.69. The van der Waals surface area contributed by atoms with Crippen molar-refractivity contribution in [3.05, 3.63) is 83.9 Å². The van der Waals surface area contributed by atoms with E-state index in [4.69, 9.17) is 9.47 Å². The van der Waals surface area contributed by atoms with Gasteiger partial charge in [-0.3, -0.25) is 0 Å². The lowest BCUT2D eigenvalue weighted by molar-refractivity contribution is 0.207. The molecule has 1 atom stereocenters. The molecule has 0 spiro atoms. The predicted octanol–water partition coefficient (Wildman–Crippen LogP) is 5.82. The summed E-state index contributed by atoms with van der Waals surface area (Å²) in [5.74, 6) is 1.86. The second-order valence-electron chi connectivity index (χ2n) is 6.29. The van der Waals surface area contributed by atoms with Gasteiger partial charge in [0, 0.05) is 0 Å². The summed E-state index contributed by atoms with van der Waals surface area (Å²) in [5.41, 5.74) is 5.21. The molecule has 0 N–H and O–H groups in total. The van der Waals surface area contributed by atoms with E-state index in [-0.39, 0.29) is 6.10 Å². The van der Waals surface area contributed by atoms with Crippen LogP contribution in [0.1, 0.15) is 30.6 Å². The van der Waals surface area contributed by atoms with Gasteiger partial charge < -0.3 is 9.47 Å². The van der Waals surface area contributed by atoms with Crippen LogP contribution in [0.15, 0.2) is 72.8 Å². The highest BCUT2D eigenvalue weighted by Crippen LogP contribution is 2.40. The summed E-state index contributed by atoms with van der Waals surface area (Å²) in [6.07, 6.45) is 2.20. The minimum atomic E-state index is 0.132. The smallest absolute Gasteiger partial charge is 0.124 e. The van der Waals surface area contributed by atoms with E-state index in [0.29, 0.717) is 6.61 Å². The van der Waals surface area contributed by atoms with Crippen molar-refractivity contribution >= 4 is 0 Å². The zero-order chi connectivity index (χ0) is 17.1. The van der Waals surface area contributed by atoms with Crippen molar-refractivity contribution in [3.63, 3.8) is 0 Å². The van der Waals surface area contributed by atoms with Crippen molar-refractivity contribution in [1.29, 1.82) is 0 Å². The van der Waals surface area contributed by atoms with Gasteiger partial charge in [-0.05, 0) is 66.3 Å². The fourth-order valence-electron chi connectivity index (χ4n) is 3.59. The number of rotatable bonds is 5. The summed E-state index contributed by atoms with van der Waals surface area (Å²) in [4.78, 5) is 0. The first kappa shape index (κ1) is 15.8. The van der Waals surface area contributed by atoms with E-state index in [1.807, 2.05) is 43.3 Å². The fourth-order valence-corrected chi connectivity index (χ4v) is 3.59. The molecule has 1 aliphatic carbocycles. The summed E-state index contributed by atoms with van der Waals surface area (Å²) in [6, 6.07) is 25.0. The van der Waals surface area contributed by atoms with Gasteiger partial charge in [0.2, 0.25) is 0 Å². The van der Waals surface area contributed by atoms with Gasteiger partial charge in [-0.1, -0.05) is 48.5 Å². The molecule has 0 amide bonds. The normalized spacial score (nSPS) is 15.6. The summed E-state index contributed by atoms with van der Waals surface area (Å²) in [5, 5.41) is 0. The summed E-state index contributed by atoms with van der Waals surface area (Å²) >= 11 is 0. The Morgan fingerprint density at radius 2 is 1.68 bits per heavy atom. The van der Waals surface area contributed by atoms with E-state index in [1.54, 1.807) is 0 Å². The fraction of sp³-hybridized carbons (Fsp3) is 0.217. The largest absolute Gasteiger partial charge is 0.494 e. The van der Waals surface area contributed by atoms with Crippen LogP contribution in [0, 0.1) is 0 Å². The van der Waals surface area contributed by atoms with Crippen LogP contribution in [0.4, 0.5) is 0 Å². The van der Waals surface area contributed by atoms with Crippen molar-refractivity contribution < 1.29 is 9.47 Å². The molecule has 0 fully saturated rings. The molecule has 1 aliphatic rings. The van der Waals surface area contributed by atoms with Crippen LogP contribution in [0.25, 0.3) is 11.1 Å². The molecule has 0 aromatic heterocycles. The molecule has 3 aromatic carbocycles. The number of hydrogen-bond donors (Lipinski definition) is 0. The molecule has 2 nitrogen and oxygen atoms in total. The van der Waals surface area contributed by atoms with E-state index in [9.17, 15) is 0 Å². The molecular formula is C23H22O2. The maximum Gasteiger partial charge on any atom is 0.124 e. The molecule has 126 valence electrons. The SMILES string of the molecule is CCOc1cccc(-c2cccc3c2CC[C@H]3Oc2ccccc2)c1. The first-order chi connectivity index (χ1) is 12.3. The molecule has 0 aliphatic heterocycles. The molecule has 0 saturated carbocycles. The number of benzene rings is 3. The third-order valence-corrected chi connectivity index (χ3v) is 4.69. The standard InChI is InChI=1S/C23H22O2/c1-2-24-19-11-6-8-17(16-19)20-12-7-13-22-21(20)14-15-23(22)25-18-9-4-3-5-10-18/h3-13,16,23H,2,14-15H2,1H3/t23-/m1/s1. The molecule has 25 heavy (non-hydrogen) atoms. The van der Waals surface area contributed by atoms with Crippen LogP contribution in [-0.4, -0.2) is 6.61 Å². The van der Waals surface area contributed by atoms with Gasteiger partial charge in [0.25, 0.3) is 0 Å². The molecule has 0 saturated heterocycles. The maximum absolute atomic E-state index is 6.23. The maximum atomic E-state index is 6.23. The Morgan fingerprint density at radius 1 is 0.880 bits per heavy atom. The van der Waals surface area contributed by atoms with Gasteiger partial charge in [0.1, 0.15) is 17.6 Å². The predicted molar refractivity (Wildman–Crippen MR) is 101 cm³/mol. The first-order valence-electron chi connectivity index (χ1n) is 8.92. The van der Waals surface area contributed by atoms with E-state index >= 15 is 0 Å². The summed E-state index contributed by atoms with van der Waals surface area (Å²) in [6.45, 7) is 2.70. The Balaban J connectivity index is 1.66. The Kier molecular flexibility index (Phi) is 4.43. The van der Waals surface area contributed by atoms with Crippen molar-refractivity contribution in [1.82, 2.24) is 0 Å². The van der Waals surface area contributed by atoms with Gasteiger partial charge in [-0.25, -0.2) is 0 Å². The lowest BCUT2D eigenvalue weighted by atomic mass is 9.96. The highest BCUT2D eigenvalue weighted by molar-refractivity contribution is 5.71. The van der Waals surface area contributed by atoms with Crippen molar-refractivity contribution in [2.24, 2.45) is 0 Å². The number of fused-ring (bicyclic) bond motifs is 1. The Hall–Kier alpha value is -2.74. The van der Waals surface area contributed by atoms with Crippen LogP contribution in [0.5, 0.6) is 11.5 Å². The Morgan fingerprint density at radius 3 is 2.52 bits per heavy atom. The highest BCUT2D eigenvalue weighted by atomic mass is 16.5. The lowest BCUT2D eigenvalue weighted by Crippen LogP contribution is -2.03. The van der Waals surface area contributed by atoms with E-state index < -0.39 is 0 Å². The van der Waals surface area contributed by atoms with E-state index in [0.717, 1.165) is 24.3 Å². The van der Waals surface area contributed by atoms with Crippen LogP contribution >= 0.6 is 0 Å². The van der Waals surface area contributed by atoms with Crippen molar-refractivity contribution in [3.8, 4) is 22.6 Å². The molecular weight excluding hydrogens is 308 g/mol. The number of hydrogen-bond acceptors (Lipinski definition) is 2. The highest BCUT2D eigenvalue weighted by Gasteiger charge is 2.26. The Labute approximate surface area is 149 Å². The van der Waals surface area contributed by atoms with Crippen molar-refractivity contribution in [2.75, 3.05) is 6.61 Å². The van der Waals surface area contributed by atoms with Gasteiger partial charge in [-0.15, -0.1) is 0 Å². The molecule has 3 aromatic rings. The number of para-hydroxylation sites is 1. The quantitative estimate of drug-likeness (QED) is 0.587. The van der Waals surface area contributed by atoms with Gasteiger partial charge in [0.05, 0.1) is 6.61 Å². The van der Waals surface area contributed by atoms with Crippen LogP contribution < -0.4 is 9.47 Å². The molecule has 2 heteroatoms. The lowest BCUT2D eigenvalue weighted by Gasteiger charge is -2.16. The van der Waals surface area contributed by atoms with E-state index in [2.05, 4.69) is 36.4 Å². The van der Waals surface area contributed by atoms with Gasteiger partial charge in [0.15, 0.2) is 0 Å². The molecule has 0 unspecified atom stereocenters. The zero-order valence-corrected chi connectivity index (χ0v) is 14.4. The second kappa shape index (κ2) is 7.02. The first-order valence-corrected chi connectivity index (χ1v) is 8.92. The molecule has 0 heterocycles. The zero-order valence-electron chi connectivity index (χ0n) is 14.4. The van der Waals surface area contributed by atoms with Crippen LogP contribution in [0.3, 0.4) is 0 Å². The van der Waals surface area contributed by atoms with Crippen LogP contribution in [0.2, 0.25) is 0 Å². The van der Waals surface area contributed by atoms with Crippen LogP contribution in [-0.2, 0) is 6.42 Å². The monoisotopic (exact) mass is 330 g/mol. The minimum absolute atomic E-state index is 0.132. The number of ether oxygens (including phenoxy) is 2. The molecule has 0 bridgehead atoms. The third kappa shape index (κ3) is 3.25. The Bertz CT molecular complexity index is 855. The van der Waals surface area contributed by atoms with Gasteiger partial charge in [-0.2, -0.15) is 0 Å². The topological polar surface area (TPSA) is 18.5 Å². The molecule has 4 rings (SSSR count).